The second-order valence-electron chi connectivity index (χ2n) is 6.06. The highest BCUT2D eigenvalue weighted by Gasteiger charge is 2.19. The number of hydrogen-bond donors (Lipinski definition) is 1. The maximum atomic E-state index is 12.9. The molecular weight excluding hydrogens is 352 g/mol. The standard InChI is InChI=1S/C17H16N6O2S/c1-9-19-13-10(4-6-18-15(13)23(9)3)17(25)22(2)8-12-20-11-5-7-26-14(11)16(24)21-12/h4-7H,8H2,1-3H3,(H,20,21,24). The zero-order valence-electron chi connectivity index (χ0n) is 14.5. The van der Waals surface area contributed by atoms with Crippen molar-refractivity contribution in [1.29, 1.82) is 0 Å². The molecule has 0 fully saturated rings. The van der Waals surface area contributed by atoms with Gasteiger partial charge in [0.2, 0.25) is 0 Å². The molecule has 1 amide bonds. The minimum atomic E-state index is -0.205. The third kappa shape index (κ3) is 2.57. The molecule has 4 heterocycles. The van der Waals surface area contributed by atoms with E-state index in [2.05, 4.69) is 19.9 Å². The van der Waals surface area contributed by atoms with Gasteiger partial charge >= 0.3 is 0 Å². The van der Waals surface area contributed by atoms with Crippen LogP contribution in [0.25, 0.3) is 21.4 Å². The number of hydrogen-bond acceptors (Lipinski definition) is 6. The van der Waals surface area contributed by atoms with Crippen molar-refractivity contribution in [3.63, 3.8) is 0 Å². The van der Waals surface area contributed by atoms with Gasteiger partial charge in [0.15, 0.2) is 5.65 Å². The zero-order chi connectivity index (χ0) is 18.4. The Balaban J connectivity index is 1.67. The number of aromatic amines is 1. The summed E-state index contributed by atoms with van der Waals surface area (Å²) in [5.41, 5.74) is 2.15. The first-order valence-electron chi connectivity index (χ1n) is 7.95. The number of carbonyl (C=O) groups excluding carboxylic acids is 1. The van der Waals surface area contributed by atoms with Crippen LogP contribution in [-0.4, -0.2) is 42.4 Å². The zero-order valence-corrected chi connectivity index (χ0v) is 15.3. The lowest BCUT2D eigenvalue weighted by Crippen LogP contribution is -2.28. The molecule has 0 aliphatic carbocycles. The molecule has 4 rings (SSSR count). The van der Waals surface area contributed by atoms with E-state index in [-0.39, 0.29) is 18.0 Å². The number of carbonyl (C=O) groups is 1. The second-order valence-corrected chi connectivity index (χ2v) is 6.97. The van der Waals surface area contributed by atoms with E-state index in [0.717, 1.165) is 5.82 Å². The summed E-state index contributed by atoms with van der Waals surface area (Å²) in [4.78, 5) is 42.4. The fourth-order valence-corrected chi connectivity index (χ4v) is 3.59. The summed E-state index contributed by atoms with van der Waals surface area (Å²) < 4.78 is 2.43. The smallest absolute Gasteiger partial charge is 0.268 e. The maximum Gasteiger partial charge on any atom is 0.268 e. The minimum absolute atomic E-state index is 0.187. The van der Waals surface area contributed by atoms with Gasteiger partial charge in [0.1, 0.15) is 21.9 Å². The highest BCUT2D eigenvalue weighted by Crippen LogP contribution is 2.19. The van der Waals surface area contributed by atoms with Gasteiger partial charge < -0.3 is 14.5 Å². The van der Waals surface area contributed by atoms with E-state index < -0.39 is 0 Å². The van der Waals surface area contributed by atoms with E-state index >= 15 is 0 Å². The molecule has 4 aromatic rings. The first-order valence-corrected chi connectivity index (χ1v) is 8.83. The number of rotatable bonds is 3. The van der Waals surface area contributed by atoms with Crippen molar-refractivity contribution in [1.82, 2.24) is 29.4 Å². The first kappa shape index (κ1) is 16.4. The fraction of sp³-hybridized carbons (Fsp3) is 0.235. The average Bonchev–Trinajstić information content (AvgIpc) is 3.20. The number of thiophene rings is 1. The third-order valence-corrected chi connectivity index (χ3v) is 5.21. The Kier molecular flexibility index (Phi) is 3.80. The number of nitrogens with one attached hydrogen (secondary N) is 1. The highest BCUT2D eigenvalue weighted by molar-refractivity contribution is 7.17. The number of nitrogens with zero attached hydrogens (tertiary/aromatic N) is 5. The summed E-state index contributed by atoms with van der Waals surface area (Å²) in [5.74, 6) is 1.02. The van der Waals surface area contributed by atoms with E-state index in [0.29, 0.717) is 32.8 Å². The van der Waals surface area contributed by atoms with Crippen LogP contribution in [-0.2, 0) is 13.6 Å². The Morgan fingerprint density at radius 3 is 2.96 bits per heavy atom. The molecule has 4 aromatic heterocycles. The van der Waals surface area contributed by atoms with E-state index in [9.17, 15) is 9.59 Å². The molecule has 0 aromatic carbocycles. The molecule has 0 unspecified atom stereocenters. The van der Waals surface area contributed by atoms with Crippen LogP contribution >= 0.6 is 11.3 Å². The molecule has 8 nitrogen and oxygen atoms in total. The quantitative estimate of drug-likeness (QED) is 0.595. The Hall–Kier alpha value is -3.07. The van der Waals surface area contributed by atoms with Crippen molar-refractivity contribution >= 4 is 38.6 Å². The van der Waals surface area contributed by atoms with Crippen LogP contribution in [0.2, 0.25) is 0 Å². The van der Waals surface area contributed by atoms with Crippen molar-refractivity contribution < 1.29 is 4.79 Å². The molecule has 1 N–H and O–H groups in total. The number of aryl methyl sites for hydroxylation is 2. The Labute approximate surface area is 152 Å². The normalized spacial score (nSPS) is 11.3. The lowest BCUT2D eigenvalue weighted by Gasteiger charge is -2.16. The number of H-pyrrole nitrogens is 1. The van der Waals surface area contributed by atoms with Crippen molar-refractivity contribution in [2.24, 2.45) is 7.05 Å². The molecule has 9 heteroatoms. The van der Waals surface area contributed by atoms with Crippen LogP contribution in [0.1, 0.15) is 22.0 Å². The Bertz CT molecular complexity index is 1210. The molecular formula is C17H16N6O2S. The van der Waals surface area contributed by atoms with Crippen molar-refractivity contribution in [3.8, 4) is 0 Å². The molecule has 132 valence electrons. The van der Waals surface area contributed by atoms with Crippen molar-refractivity contribution in [2.45, 2.75) is 13.5 Å². The number of aromatic nitrogens is 5. The van der Waals surface area contributed by atoms with E-state index in [1.807, 2.05) is 23.9 Å². The van der Waals surface area contributed by atoms with Crippen molar-refractivity contribution in [2.75, 3.05) is 7.05 Å². The molecule has 0 aliphatic heterocycles. The lowest BCUT2D eigenvalue weighted by atomic mass is 10.2. The summed E-state index contributed by atoms with van der Waals surface area (Å²) >= 11 is 1.35. The number of pyridine rings is 1. The minimum Gasteiger partial charge on any atom is -0.334 e. The van der Waals surface area contributed by atoms with E-state index in [1.165, 1.54) is 16.2 Å². The SMILES string of the molecule is Cc1nc2c(C(=O)N(C)Cc3nc4ccsc4c(=O)[nH]3)ccnc2n1C. The van der Waals surface area contributed by atoms with E-state index in [1.54, 1.807) is 25.4 Å². The molecule has 26 heavy (non-hydrogen) atoms. The number of fused-ring (bicyclic) bond motifs is 2. The predicted molar refractivity (Wildman–Crippen MR) is 99.3 cm³/mol. The lowest BCUT2D eigenvalue weighted by molar-refractivity contribution is 0.0783. The monoisotopic (exact) mass is 368 g/mol. The summed E-state index contributed by atoms with van der Waals surface area (Å²) in [5, 5.41) is 1.82. The summed E-state index contributed by atoms with van der Waals surface area (Å²) in [6.45, 7) is 2.06. The van der Waals surface area contributed by atoms with Gasteiger partial charge in [-0.25, -0.2) is 15.0 Å². The van der Waals surface area contributed by atoms with Crippen LogP contribution in [0.4, 0.5) is 0 Å². The summed E-state index contributed by atoms with van der Waals surface area (Å²) in [6.07, 6.45) is 1.60. The summed E-state index contributed by atoms with van der Waals surface area (Å²) in [7, 11) is 3.53. The third-order valence-electron chi connectivity index (χ3n) is 4.31. The topological polar surface area (TPSA) is 96.8 Å². The fourth-order valence-electron chi connectivity index (χ4n) is 2.86. The maximum absolute atomic E-state index is 12.9. The summed E-state index contributed by atoms with van der Waals surface area (Å²) in [6, 6.07) is 3.45. The van der Waals surface area contributed by atoms with Gasteiger partial charge in [0.25, 0.3) is 11.5 Å². The van der Waals surface area contributed by atoms with Gasteiger partial charge in [-0.1, -0.05) is 0 Å². The van der Waals surface area contributed by atoms with Gasteiger partial charge in [-0.15, -0.1) is 11.3 Å². The molecule has 0 spiro atoms. The van der Waals surface area contributed by atoms with Crippen LogP contribution in [0.3, 0.4) is 0 Å². The van der Waals surface area contributed by atoms with Crippen LogP contribution < -0.4 is 5.56 Å². The predicted octanol–water partition coefficient (Wildman–Crippen LogP) is 1.85. The molecule has 0 atom stereocenters. The van der Waals surface area contributed by atoms with Gasteiger partial charge in [-0.05, 0) is 24.4 Å². The molecule has 0 aliphatic rings. The van der Waals surface area contributed by atoms with Gasteiger partial charge in [-0.3, -0.25) is 9.59 Å². The van der Waals surface area contributed by atoms with Gasteiger partial charge in [0, 0.05) is 20.3 Å². The van der Waals surface area contributed by atoms with Crippen LogP contribution in [0, 0.1) is 6.92 Å². The first-order chi connectivity index (χ1) is 12.5. The van der Waals surface area contributed by atoms with Gasteiger partial charge in [-0.2, -0.15) is 0 Å². The molecule has 0 radical (unpaired) electrons. The largest absolute Gasteiger partial charge is 0.334 e. The molecule has 0 saturated heterocycles. The second kappa shape index (κ2) is 6.03. The average molecular weight is 368 g/mol. The molecule has 0 saturated carbocycles. The van der Waals surface area contributed by atoms with Crippen LogP contribution in [0.5, 0.6) is 0 Å². The van der Waals surface area contributed by atoms with Crippen molar-refractivity contribution in [3.05, 3.63) is 51.3 Å². The van der Waals surface area contributed by atoms with Gasteiger partial charge in [0.05, 0.1) is 17.6 Å². The Morgan fingerprint density at radius 1 is 1.35 bits per heavy atom. The number of imidazole rings is 1. The highest BCUT2D eigenvalue weighted by atomic mass is 32.1. The van der Waals surface area contributed by atoms with Crippen LogP contribution in [0.15, 0.2) is 28.5 Å². The molecule has 0 bridgehead atoms. The van der Waals surface area contributed by atoms with E-state index in [4.69, 9.17) is 0 Å². The Morgan fingerprint density at radius 2 is 2.15 bits per heavy atom. The number of amides is 1.